The standard InChI is InChI=1S/C20H23FN2O2/c21-18-8-1-2-9-19(18)25-15-20(24)22-13-16-6-5-7-17(12-16)14-23-10-3-4-11-23/h1-2,5-9,12H,3-4,10-11,13-15H2,(H,22,24). The van der Waals surface area contributed by atoms with Crippen LogP contribution in [0.3, 0.4) is 0 Å². The van der Waals surface area contributed by atoms with Crippen LogP contribution in [0, 0.1) is 5.82 Å². The van der Waals surface area contributed by atoms with Crippen molar-refractivity contribution in [3.8, 4) is 5.75 Å². The van der Waals surface area contributed by atoms with Crippen molar-refractivity contribution in [3.05, 3.63) is 65.5 Å². The Labute approximate surface area is 147 Å². The molecule has 0 bridgehead atoms. The first-order chi connectivity index (χ1) is 12.2. The maximum absolute atomic E-state index is 13.4. The Bertz CT molecular complexity index is 714. The molecule has 1 N–H and O–H groups in total. The molecule has 0 atom stereocenters. The molecule has 0 saturated carbocycles. The van der Waals surface area contributed by atoms with Crippen LogP contribution < -0.4 is 10.1 Å². The Kier molecular flexibility index (Phi) is 6.01. The molecule has 132 valence electrons. The fourth-order valence-electron chi connectivity index (χ4n) is 2.99. The van der Waals surface area contributed by atoms with Gasteiger partial charge in [0.1, 0.15) is 0 Å². The first-order valence-corrected chi connectivity index (χ1v) is 8.65. The lowest BCUT2D eigenvalue weighted by Gasteiger charge is -2.15. The average Bonchev–Trinajstić information content (AvgIpc) is 3.12. The molecule has 0 unspecified atom stereocenters. The molecule has 5 heteroatoms. The van der Waals surface area contributed by atoms with Crippen molar-refractivity contribution in [2.45, 2.75) is 25.9 Å². The van der Waals surface area contributed by atoms with Gasteiger partial charge in [-0.05, 0) is 49.2 Å². The third-order valence-electron chi connectivity index (χ3n) is 4.28. The van der Waals surface area contributed by atoms with Crippen LogP contribution in [-0.4, -0.2) is 30.5 Å². The van der Waals surface area contributed by atoms with E-state index in [0.29, 0.717) is 6.54 Å². The molecule has 0 aliphatic carbocycles. The van der Waals surface area contributed by atoms with Gasteiger partial charge in [-0.25, -0.2) is 4.39 Å². The number of halogens is 1. The van der Waals surface area contributed by atoms with Crippen molar-refractivity contribution >= 4 is 5.91 Å². The highest BCUT2D eigenvalue weighted by molar-refractivity contribution is 5.77. The topological polar surface area (TPSA) is 41.6 Å². The zero-order valence-corrected chi connectivity index (χ0v) is 14.2. The van der Waals surface area contributed by atoms with E-state index in [2.05, 4.69) is 22.3 Å². The third-order valence-corrected chi connectivity index (χ3v) is 4.28. The van der Waals surface area contributed by atoms with Gasteiger partial charge < -0.3 is 10.1 Å². The molecular formula is C20H23FN2O2. The van der Waals surface area contributed by atoms with Crippen LogP contribution in [0.1, 0.15) is 24.0 Å². The Balaban J connectivity index is 1.46. The Morgan fingerprint density at radius 1 is 1.08 bits per heavy atom. The number of carbonyl (C=O) groups is 1. The number of hydrogen-bond acceptors (Lipinski definition) is 3. The maximum atomic E-state index is 13.4. The second kappa shape index (κ2) is 8.62. The molecule has 0 radical (unpaired) electrons. The van der Waals surface area contributed by atoms with E-state index in [1.807, 2.05) is 12.1 Å². The van der Waals surface area contributed by atoms with E-state index >= 15 is 0 Å². The van der Waals surface area contributed by atoms with Gasteiger partial charge in [-0.2, -0.15) is 0 Å². The number of rotatable bonds is 7. The zero-order chi connectivity index (χ0) is 17.5. The normalized spacial score (nSPS) is 14.4. The van der Waals surface area contributed by atoms with Gasteiger partial charge >= 0.3 is 0 Å². The number of carbonyl (C=O) groups excluding carboxylic acids is 1. The van der Waals surface area contributed by atoms with Gasteiger partial charge in [0.2, 0.25) is 0 Å². The lowest BCUT2D eigenvalue weighted by Crippen LogP contribution is -2.28. The average molecular weight is 342 g/mol. The number of nitrogens with one attached hydrogen (secondary N) is 1. The first kappa shape index (κ1) is 17.4. The summed E-state index contributed by atoms with van der Waals surface area (Å²) in [7, 11) is 0. The molecule has 2 aromatic rings. The van der Waals surface area contributed by atoms with E-state index in [1.165, 1.54) is 30.5 Å². The molecule has 3 rings (SSSR count). The van der Waals surface area contributed by atoms with Crippen molar-refractivity contribution in [2.24, 2.45) is 0 Å². The molecule has 1 fully saturated rings. The molecule has 0 spiro atoms. The predicted octanol–water partition coefficient (Wildman–Crippen LogP) is 3.12. The fraction of sp³-hybridized carbons (Fsp3) is 0.350. The Hall–Kier alpha value is -2.40. The highest BCUT2D eigenvalue weighted by Gasteiger charge is 2.12. The van der Waals surface area contributed by atoms with Crippen molar-refractivity contribution < 1.29 is 13.9 Å². The van der Waals surface area contributed by atoms with Gasteiger partial charge in [0.25, 0.3) is 5.91 Å². The van der Waals surface area contributed by atoms with Gasteiger partial charge in [0.15, 0.2) is 18.2 Å². The summed E-state index contributed by atoms with van der Waals surface area (Å²) in [5.41, 5.74) is 2.31. The van der Waals surface area contributed by atoms with Crippen LogP contribution in [0.25, 0.3) is 0 Å². The van der Waals surface area contributed by atoms with Gasteiger partial charge in [0.05, 0.1) is 0 Å². The summed E-state index contributed by atoms with van der Waals surface area (Å²) < 4.78 is 18.6. The number of ether oxygens (including phenoxy) is 1. The minimum Gasteiger partial charge on any atom is -0.481 e. The molecule has 1 saturated heterocycles. The van der Waals surface area contributed by atoms with Gasteiger partial charge in [0, 0.05) is 13.1 Å². The molecule has 1 heterocycles. The third kappa shape index (κ3) is 5.29. The number of hydrogen-bond donors (Lipinski definition) is 1. The van der Waals surface area contributed by atoms with Crippen LogP contribution in [0.5, 0.6) is 5.75 Å². The molecule has 0 aromatic heterocycles. The monoisotopic (exact) mass is 342 g/mol. The van der Waals surface area contributed by atoms with Crippen molar-refractivity contribution in [1.29, 1.82) is 0 Å². The van der Waals surface area contributed by atoms with E-state index < -0.39 is 5.82 Å². The smallest absolute Gasteiger partial charge is 0.258 e. The summed E-state index contributed by atoms with van der Waals surface area (Å²) >= 11 is 0. The summed E-state index contributed by atoms with van der Waals surface area (Å²) in [4.78, 5) is 14.3. The van der Waals surface area contributed by atoms with Gasteiger partial charge in [-0.1, -0.05) is 36.4 Å². The minimum absolute atomic E-state index is 0.0882. The van der Waals surface area contributed by atoms with E-state index in [0.717, 1.165) is 25.2 Å². The van der Waals surface area contributed by atoms with Gasteiger partial charge in [-0.3, -0.25) is 9.69 Å². The highest BCUT2D eigenvalue weighted by Crippen LogP contribution is 2.15. The summed E-state index contributed by atoms with van der Waals surface area (Å²) in [6, 6.07) is 14.3. The zero-order valence-electron chi connectivity index (χ0n) is 14.2. The number of benzene rings is 2. The first-order valence-electron chi connectivity index (χ1n) is 8.65. The number of likely N-dealkylation sites (tertiary alicyclic amines) is 1. The summed E-state index contributed by atoms with van der Waals surface area (Å²) in [6.07, 6.45) is 2.55. The largest absolute Gasteiger partial charge is 0.481 e. The second-order valence-corrected chi connectivity index (χ2v) is 6.30. The van der Waals surface area contributed by atoms with E-state index in [1.54, 1.807) is 12.1 Å². The maximum Gasteiger partial charge on any atom is 0.258 e. The van der Waals surface area contributed by atoms with Crippen LogP contribution in [0.4, 0.5) is 4.39 Å². The molecular weight excluding hydrogens is 319 g/mol. The van der Waals surface area contributed by atoms with Crippen LogP contribution >= 0.6 is 0 Å². The fourth-order valence-corrected chi connectivity index (χ4v) is 2.99. The van der Waals surface area contributed by atoms with Crippen molar-refractivity contribution in [2.75, 3.05) is 19.7 Å². The Morgan fingerprint density at radius 3 is 2.64 bits per heavy atom. The molecule has 1 amide bonds. The molecule has 25 heavy (non-hydrogen) atoms. The summed E-state index contributed by atoms with van der Waals surface area (Å²) in [5.74, 6) is -0.650. The van der Waals surface area contributed by atoms with Gasteiger partial charge in [-0.15, -0.1) is 0 Å². The SMILES string of the molecule is O=C(COc1ccccc1F)NCc1cccc(CN2CCCC2)c1. The van der Waals surface area contributed by atoms with Crippen LogP contribution in [0.15, 0.2) is 48.5 Å². The second-order valence-electron chi connectivity index (χ2n) is 6.30. The van der Waals surface area contributed by atoms with Crippen LogP contribution in [0.2, 0.25) is 0 Å². The summed E-state index contributed by atoms with van der Waals surface area (Å²) in [6.45, 7) is 3.52. The summed E-state index contributed by atoms with van der Waals surface area (Å²) in [5, 5.41) is 2.81. The molecule has 1 aliphatic heterocycles. The molecule has 2 aromatic carbocycles. The van der Waals surface area contributed by atoms with E-state index in [-0.39, 0.29) is 18.3 Å². The van der Waals surface area contributed by atoms with Crippen LogP contribution in [-0.2, 0) is 17.9 Å². The number of amides is 1. The lowest BCUT2D eigenvalue weighted by atomic mass is 10.1. The predicted molar refractivity (Wildman–Crippen MR) is 94.7 cm³/mol. The van der Waals surface area contributed by atoms with E-state index in [9.17, 15) is 9.18 Å². The Morgan fingerprint density at radius 2 is 1.84 bits per heavy atom. The minimum atomic E-state index is -0.468. The molecule has 4 nitrogen and oxygen atoms in total. The van der Waals surface area contributed by atoms with E-state index in [4.69, 9.17) is 4.74 Å². The van der Waals surface area contributed by atoms with Crippen molar-refractivity contribution in [1.82, 2.24) is 10.2 Å². The lowest BCUT2D eigenvalue weighted by molar-refractivity contribution is -0.123. The number of nitrogens with zero attached hydrogens (tertiary/aromatic N) is 1. The van der Waals surface area contributed by atoms with Crippen molar-refractivity contribution in [3.63, 3.8) is 0 Å². The highest BCUT2D eigenvalue weighted by atomic mass is 19.1. The quantitative estimate of drug-likeness (QED) is 0.841. The molecule has 1 aliphatic rings. The number of para-hydroxylation sites is 1.